The van der Waals surface area contributed by atoms with Gasteiger partial charge in [0.2, 0.25) is 0 Å². The number of allylic oxidation sites excluding steroid dienone is 1. The average Bonchev–Trinajstić information content (AvgIpc) is 1.97. The molecular formula is C11H24O3Si2. The Kier molecular flexibility index (Phi) is 5.48. The maximum atomic E-state index is 11.1. The molecule has 94 valence electrons. The van der Waals surface area contributed by atoms with Crippen molar-refractivity contribution in [3.63, 3.8) is 0 Å². The number of carbonyl (C=O) groups excluding carboxylic acids is 1. The second kappa shape index (κ2) is 5.68. The first-order valence-electron chi connectivity index (χ1n) is 5.51. The van der Waals surface area contributed by atoms with Crippen LogP contribution in [0.4, 0.5) is 4.79 Å². The van der Waals surface area contributed by atoms with Gasteiger partial charge in [-0.1, -0.05) is 45.0 Å². The van der Waals surface area contributed by atoms with Gasteiger partial charge in [-0.2, -0.15) is 0 Å². The summed E-state index contributed by atoms with van der Waals surface area (Å²) in [6, 6.07) is 0.881. The summed E-state index contributed by atoms with van der Waals surface area (Å²) in [6.07, 6.45) is -0.609. The molecule has 16 heavy (non-hydrogen) atoms. The van der Waals surface area contributed by atoms with Crippen molar-refractivity contribution in [1.29, 1.82) is 0 Å². The van der Waals surface area contributed by atoms with Crippen LogP contribution in [0.5, 0.6) is 0 Å². The van der Waals surface area contributed by atoms with Crippen LogP contribution in [0.15, 0.2) is 11.5 Å². The van der Waals surface area contributed by atoms with Crippen molar-refractivity contribution >= 4 is 22.3 Å². The normalized spacial score (nSPS) is 13.6. The van der Waals surface area contributed by atoms with E-state index in [0.717, 1.165) is 11.8 Å². The summed E-state index contributed by atoms with van der Waals surface area (Å²) in [4.78, 5) is 11.1. The molecule has 0 atom stereocenters. The van der Waals surface area contributed by atoms with E-state index in [9.17, 15) is 4.79 Å². The van der Waals surface area contributed by atoms with Crippen molar-refractivity contribution in [2.75, 3.05) is 7.11 Å². The lowest BCUT2D eigenvalue weighted by Crippen LogP contribution is -2.25. The molecule has 0 saturated heterocycles. The molecule has 0 fully saturated rings. The quantitative estimate of drug-likeness (QED) is 0.437. The summed E-state index contributed by atoms with van der Waals surface area (Å²) in [7, 11) is -1.31. The van der Waals surface area contributed by atoms with Crippen molar-refractivity contribution in [2.24, 2.45) is 0 Å². The van der Waals surface area contributed by atoms with Crippen molar-refractivity contribution in [3.05, 3.63) is 11.5 Å². The highest BCUT2D eigenvalue weighted by atomic mass is 28.3. The van der Waals surface area contributed by atoms with Gasteiger partial charge in [0.25, 0.3) is 0 Å². The Morgan fingerprint density at radius 2 is 1.62 bits per heavy atom. The van der Waals surface area contributed by atoms with Crippen molar-refractivity contribution in [3.8, 4) is 0 Å². The van der Waals surface area contributed by atoms with Gasteiger partial charge in [0.05, 0.1) is 23.3 Å². The fourth-order valence-corrected chi connectivity index (χ4v) is 3.82. The Labute approximate surface area is 101 Å². The van der Waals surface area contributed by atoms with Gasteiger partial charge in [-0.05, 0) is 6.04 Å². The van der Waals surface area contributed by atoms with Crippen molar-refractivity contribution in [1.82, 2.24) is 0 Å². The third-order valence-corrected chi connectivity index (χ3v) is 4.28. The number of hydrogen-bond acceptors (Lipinski definition) is 3. The molecule has 0 aliphatic heterocycles. The molecule has 0 bridgehead atoms. The van der Waals surface area contributed by atoms with E-state index in [2.05, 4.69) is 49.7 Å². The lowest BCUT2D eigenvalue weighted by atomic mass is 10.6. The Balaban J connectivity index is 4.78. The molecular weight excluding hydrogens is 236 g/mol. The maximum Gasteiger partial charge on any atom is 0.513 e. The summed E-state index contributed by atoms with van der Waals surface area (Å²) in [5.41, 5.74) is 2.14. The van der Waals surface area contributed by atoms with Gasteiger partial charge in [0, 0.05) is 0 Å². The van der Waals surface area contributed by atoms with Crippen LogP contribution in [0.3, 0.4) is 0 Å². The van der Waals surface area contributed by atoms with Crippen LogP contribution in [-0.4, -0.2) is 29.4 Å². The van der Waals surface area contributed by atoms with Gasteiger partial charge in [-0.25, -0.2) is 4.79 Å². The average molecular weight is 260 g/mol. The molecule has 0 N–H and O–H groups in total. The van der Waals surface area contributed by atoms with Crippen LogP contribution in [-0.2, 0) is 9.47 Å². The molecule has 0 aliphatic carbocycles. The number of hydrogen-bond donors (Lipinski definition) is 0. The Hall–Kier alpha value is -0.556. The number of rotatable bonds is 4. The van der Waals surface area contributed by atoms with E-state index in [0.29, 0.717) is 0 Å². The highest BCUT2D eigenvalue weighted by Crippen LogP contribution is 2.20. The van der Waals surface area contributed by atoms with E-state index in [1.807, 2.05) is 0 Å². The zero-order chi connectivity index (χ0) is 13.0. The molecule has 0 rings (SSSR count). The SMILES string of the molecule is COC(=O)O/C(=C\[Si](C)(C)C)C[Si](C)(C)C. The maximum absolute atomic E-state index is 11.1. The Morgan fingerprint density at radius 1 is 1.12 bits per heavy atom. The standard InChI is InChI=1S/C11H24O3Si2/c1-13-11(12)14-10(8-15(2,3)4)9-16(5,6)7/h8H,9H2,1-7H3/b10-8-. The summed E-state index contributed by atoms with van der Waals surface area (Å²) < 4.78 is 9.76. The first kappa shape index (κ1) is 15.4. The smallest absolute Gasteiger partial charge is 0.437 e. The molecule has 0 heterocycles. The van der Waals surface area contributed by atoms with Gasteiger partial charge in [-0.15, -0.1) is 0 Å². The Morgan fingerprint density at radius 3 is 1.94 bits per heavy atom. The predicted molar refractivity (Wildman–Crippen MR) is 73.1 cm³/mol. The summed E-state index contributed by atoms with van der Waals surface area (Å²) in [6.45, 7) is 13.4. The summed E-state index contributed by atoms with van der Waals surface area (Å²) in [5.74, 6) is 0.796. The van der Waals surface area contributed by atoms with E-state index in [-0.39, 0.29) is 0 Å². The first-order valence-corrected chi connectivity index (χ1v) is 12.8. The number of methoxy groups -OCH3 is 1. The van der Waals surface area contributed by atoms with Crippen LogP contribution in [0, 0.1) is 0 Å². The highest BCUT2D eigenvalue weighted by Gasteiger charge is 2.21. The van der Waals surface area contributed by atoms with Crippen LogP contribution in [0.2, 0.25) is 45.3 Å². The van der Waals surface area contributed by atoms with Crippen LogP contribution < -0.4 is 0 Å². The molecule has 0 amide bonds. The minimum Gasteiger partial charge on any atom is -0.437 e. The molecule has 0 saturated carbocycles. The lowest BCUT2D eigenvalue weighted by molar-refractivity contribution is 0.0975. The second-order valence-electron chi connectivity index (χ2n) is 6.27. The Bertz CT molecular complexity index is 272. The third-order valence-electron chi connectivity index (χ3n) is 1.68. The molecule has 0 aliphatic rings. The third kappa shape index (κ3) is 8.73. The number of ether oxygens (including phenoxy) is 2. The summed E-state index contributed by atoms with van der Waals surface area (Å²) >= 11 is 0. The van der Waals surface area contributed by atoms with E-state index in [1.165, 1.54) is 7.11 Å². The zero-order valence-corrected chi connectivity index (χ0v) is 13.5. The topological polar surface area (TPSA) is 35.5 Å². The molecule has 3 nitrogen and oxygen atoms in total. The van der Waals surface area contributed by atoms with Crippen molar-refractivity contribution in [2.45, 2.75) is 45.3 Å². The zero-order valence-electron chi connectivity index (χ0n) is 11.5. The van der Waals surface area contributed by atoms with Crippen LogP contribution >= 0.6 is 0 Å². The molecule has 5 heteroatoms. The van der Waals surface area contributed by atoms with Crippen LogP contribution in [0.25, 0.3) is 0 Å². The molecule has 0 radical (unpaired) electrons. The van der Waals surface area contributed by atoms with Gasteiger partial charge >= 0.3 is 6.16 Å². The molecule has 0 aromatic carbocycles. The van der Waals surface area contributed by atoms with Gasteiger partial charge in [0.1, 0.15) is 5.76 Å². The van der Waals surface area contributed by atoms with E-state index in [4.69, 9.17) is 4.74 Å². The van der Waals surface area contributed by atoms with E-state index >= 15 is 0 Å². The van der Waals surface area contributed by atoms with Crippen LogP contribution in [0.1, 0.15) is 0 Å². The monoisotopic (exact) mass is 260 g/mol. The van der Waals surface area contributed by atoms with Gasteiger partial charge in [-0.3, -0.25) is 0 Å². The molecule has 0 spiro atoms. The van der Waals surface area contributed by atoms with Gasteiger partial charge < -0.3 is 9.47 Å². The first-order chi connectivity index (χ1) is 7.03. The molecule has 0 aromatic heterocycles. The summed E-state index contributed by atoms with van der Waals surface area (Å²) in [5, 5.41) is 0. The lowest BCUT2D eigenvalue weighted by Gasteiger charge is -2.20. The second-order valence-corrected chi connectivity index (χ2v) is 16.8. The number of carbonyl (C=O) groups is 1. The molecule has 0 aromatic rings. The largest absolute Gasteiger partial charge is 0.513 e. The molecule has 0 unspecified atom stereocenters. The highest BCUT2D eigenvalue weighted by molar-refractivity contribution is 6.81. The van der Waals surface area contributed by atoms with Crippen molar-refractivity contribution < 1.29 is 14.3 Å². The van der Waals surface area contributed by atoms with Gasteiger partial charge in [0.15, 0.2) is 0 Å². The van der Waals surface area contributed by atoms with E-state index in [1.54, 1.807) is 0 Å². The minimum atomic E-state index is -1.37. The minimum absolute atomic E-state index is 0.609. The fraction of sp³-hybridized carbons (Fsp3) is 0.727. The predicted octanol–water partition coefficient (Wildman–Crippen LogP) is 3.87. The fourth-order valence-electron chi connectivity index (χ4n) is 1.27. The van der Waals surface area contributed by atoms with E-state index < -0.39 is 22.3 Å².